The Bertz CT molecular complexity index is 1180. The molecule has 0 fully saturated rings. The van der Waals surface area contributed by atoms with E-state index < -0.39 is 21.9 Å². The number of carbonyl (C=O) groups is 1. The van der Waals surface area contributed by atoms with Crippen LogP contribution in [0.1, 0.15) is 24.3 Å². The van der Waals surface area contributed by atoms with Crippen molar-refractivity contribution in [2.45, 2.75) is 24.8 Å². The largest absolute Gasteiger partial charge is 0.497 e. The Labute approximate surface area is 181 Å². The number of aromatic nitrogens is 1. The summed E-state index contributed by atoms with van der Waals surface area (Å²) in [4.78, 5) is 12.1. The Hall–Kier alpha value is -3.10. The number of carboxylic acids is 1. The fourth-order valence-electron chi connectivity index (χ4n) is 3.50. The number of ether oxygens (including phenoxy) is 2. The molecule has 0 saturated carbocycles. The third-order valence-electron chi connectivity index (χ3n) is 5.04. The molecule has 1 atom stereocenters. The minimum Gasteiger partial charge on any atom is -0.497 e. The van der Waals surface area contributed by atoms with Crippen LogP contribution in [0.2, 0.25) is 0 Å². The summed E-state index contributed by atoms with van der Waals surface area (Å²) >= 11 is 0. The van der Waals surface area contributed by atoms with Gasteiger partial charge in [-0.3, -0.25) is 0 Å². The van der Waals surface area contributed by atoms with E-state index in [0.717, 1.165) is 23.2 Å². The Morgan fingerprint density at radius 1 is 1.10 bits per heavy atom. The Morgan fingerprint density at radius 2 is 1.71 bits per heavy atom. The number of carboxylic acid groups (broad SMARTS) is 1. The van der Waals surface area contributed by atoms with Crippen molar-refractivity contribution in [1.82, 2.24) is 4.57 Å². The van der Waals surface area contributed by atoms with Crippen LogP contribution in [0.15, 0.2) is 59.5 Å². The Morgan fingerprint density at radius 3 is 2.19 bits per heavy atom. The minimum atomic E-state index is -3.33. The zero-order chi connectivity index (χ0) is 22.8. The van der Waals surface area contributed by atoms with Gasteiger partial charge in [0.2, 0.25) is 0 Å². The van der Waals surface area contributed by atoms with E-state index >= 15 is 0 Å². The molecule has 3 rings (SSSR count). The highest BCUT2D eigenvalue weighted by Gasteiger charge is 2.27. The first-order valence-electron chi connectivity index (χ1n) is 9.69. The number of benzene rings is 2. The van der Waals surface area contributed by atoms with Crippen LogP contribution in [-0.2, 0) is 19.4 Å². The van der Waals surface area contributed by atoms with Crippen molar-refractivity contribution < 1.29 is 27.8 Å². The van der Waals surface area contributed by atoms with Crippen LogP contribution < -0.4 is 4.74 Å². The smallest absolute Gasteiger partial charge is 0.337 e. The highest BCUT2D eigenvalue weighted by molar-refractivity contribution is 7.90. The van der Waals surface area contributed by atoms with Crippen molar-refractivity contribution in [3.63, 3.8) is 0 Å². The average molecular weight is 444 g/mol. The first-order chi connectivity index (χ1) is 14.7. The lowest BCUT2D eigenvalue weighted by atomic mass is 10.1. The van der Waals surface area contributed by atoms with Gasteiger partial charge < -0.3 is 19.1 Å². The highest BCUT2D eigenvalue weighted by atomic mass is 32.2. The van der Waals surface area contributed by atoms with Crippen LogP contribution in [0, 0.1) is 6.92 Å². The Kier molecular flexibility index (Phi) is 6.52. The molecule has 0 amide bonds. The lowest BCUT2D eigenvalue weighted by Crippen LogP contribution is -2.16. The topological polar surface area (TPSA) is 94.8 Å². The molecule has 0 radical (unpaired) electrons. The first-order valence-corrected chi connectivity index (χ1v) is 11.6. The quantitative estimate of drug-likeness (QED) is 0.565. The van der Waals surface area contributed by atoms with E-state index in [2.05, 4.69) is 0 Å². The van der Waals surface area contributed by atoms with Gasteiger partial charge in [0.25, 0.3) is 0 Å². The summed E-state index contributed by atoms with van der Waals surface area (Å²) in [6.45, 7) is 3.84. The third kappa shape index (κ3) is 4.65. The summed E-state index contributed by atoms with van der Waals surface area (Å²) < 4.78 is 36.3. The van der Waals surface area contributed by atoms with Gasteiger partial charge in [-0.25, -0.2) is 13.2 Å². The fourth-order valence-corrected chi connectivity index (χ4v) is 4.13. The summed E-state index contributed by atoms with van der Waals surface area (Å²) in [6, 6.07) is 15.7. The van der Waals surface area contributed by atoms with E-state index in [1.165, 1.54) is 0 Å². The number of hydrogen-bond donors (Lipinski definition) is 1. The van der Waals surface area contributed by atoms with Crippen molar-refractivity contribution in [1.29, 1.82) is 0 Å². The molecule has 8 heteroatoms. The van der Waals surface area contributed by atoms with E-state index in [9.17, 15) is 18.3 Å². The molecule has 1 N–H and O–H groups in total. The van der Waals surface area contributed by atoms with Crippen LogP contribution in [0.3, 0.4) is 0 Å². The van der Waals surface area contributed by atoms with Crippen molar-refractivity contribution >= 4 is 15.8 Å². The predicted molar refractivity (Wildman–Crippen MR) is 118 cm³/mol. The van der Waals surface area contributed by atoms with Crippen molar-refractivity contribution in [3.8, 4) is 22.7 Å². The molecule has 0 aliphatic rings. The van der Waals surface area contributed by atoms with E-state index in [1.54, 1.807) is 44.4 Å². The third-order valence-corrected chi connectivity index (χ3v) is 6.16. The molecule has 1 heterocycles. The normalized spacial score (nSPS) is 12.5. The number of methoxy groups -OCH3 is 1. The van der Waals surface area contributed by atoms with Crippen LogP contribution in [-0.4, -0.2) is 44.0 Å². The molecule has 31 heavy (non-hydrogen) atoms. The predicted octanol–water partition coefficient (Wildman–Crippen LogP) is 4.03. The Balaban J connectivity index is 2.22. The molecule has 0 aliphatic carbocycles. The molecular weight excluding hydrogens is 418 g/mol. The van der Waals surface area contributed by atoms with E-state index in [0.29, 0.717) is 17.0 Å². The number of nitrogens with zero attached hydrogens (tertiary/aromatic N) is 1. The first kappa shape index (κ1) is 22.6. The molecule has 0 saturated heterocycles. The molecule has 0 aliphatic heterocycles. The number of hydrogen-bond acceptors (Lipinski definition) is 5. The van der Waals surface area contributed by atoms with E-state index in [4.69, 9.17) is 9.47 Å². The minimum absolute atomic E-state index is 0.216. The fraction of sp³-hybridized carbons (Fsp3) is 0.261. The van der Waals surface area contributed by atoms with Crippen molar-refractivity contribution in [3.05, 3.63) is 65.9 Å². The molecule has 0 spiro atoms. The second-order valence-electron chi connectivity index (χ2n) is 7.07. The van der Waals surface area contributed by atoms with Crippen LogP contribution in [0.4, 0.5) is 0 Å². The number of sulfone groups is 1. The van der Waals surface area contributed by atoms with Gasteiger partial charge in [-0.05, 0) is 61.9 Å². The van der Waals surface area contributed by atoms with Gasteiger partial charge in [0.1, 0.15) is 5.75 Å². The highest BCUT2D eigenvalue weighted by Crippen LogP contribution is 2.34. The molecule has 164 valence electrons. The monoisotopic (exact) mass is 443 g/mol. The second-order valence-corrected chi connectivity index (χ2v) is 9.09. The van der Waals surface area contributed by atoms with Crippen molar-refractivity contribution in [2.75, 3.05) is 20.0 Å². The zero-order valence-corrected chi connectivity index (χ0v) is 18.6. The number of aliphatic carboxylic acids is 1. The van der Waals surface area contributed by atoms with Gasteiger partial charge in [-0.2, -0.15) is 0 Å². The maximum Gasteiger partial charge on any atom is 0.337 e. The summed E-state index contributed by atoms with van der Waals surface area (Å²) in [7, 11) is -1.74. The van der Waals surface area contributed by atoms with Crippen LogP contribution in [0.5, 0.6) is 5.75 Å². The summed E-state index contributed by atoms with van der Waals surface area (Å²) in [5.41, 5.74) is 3.54. The van der Waals surface area contributed by atoms with E-state index in [1.807, 2.05) is 35.8 Å². The van der Waals surface area contributed by atoms with Gasteiger partial charge >= 0.3 is 5.97 Å². The standard InChI is InChI=1S/C23H25NO6S/c1-5-30-22(23(25)26)20-14-21(16-6-12-19(13-7-16)31(4,27)28)24(15(20)2)17-8-10-18(29-3)11-9-17/h6-14,22H,5H2,1-4H3,(H,25,26). The summed E-state index contributed by atoms with van der Waals surface area (Å²) in [5.74, 6) is -0.374. The summed E-state index contributed by atoms with van der Waals surface area (Å²) in [6.07, 6.45) is 0.0441. The molecule has 2 aromatic carbocycles. The summed E-state index contributed by atoms with van der Waals surface area (Å²) in [5, 5.41) is 9.70. The maximum absolute atomic E-state index is 11.9. The zero-order valence-electron chi connectivity index (χ0n) is 17.8. The lowest BCUT2D eigenvalue weighted by Gasteiger charge is -2.15. The van der Waals surface area contributed by atoms with Gasteiger partial charge in [0, 0.05) is 29.8 Å². The SMILES string of the molecule is CCOC(C(=O)O)c1cc(-c2ccc(S(C)(=O)=O)cc2)n(-c2ccc(OC)cc2)c1C. The van der Waals surface area contributed by atoms with E-state index in [-0.39, 0.29) is 11.5 Å². The lowest BCUT2D eigenvalue weighted by molar-refractivity contribution is -0.150. The van der Waals surface area contributed by atoms with Gasteiger partial charge in [0.15, 0.2) is 15.9 Å². The van der Waals surface area contributed by atoms with Gasteiger partial charge in [-0.1, -0.05) is 12.1 Å². The maximum atomic E-state index is 11.9. The number of rotatable bonds is 8. The molecule has 3 aromatic rings. The van der Waals surface area contributed by atoms with Crippen LogP contribution in [0.25, 0.3) is 16.9 Å². The molecular formula is C23H25NO6S. The molecule has 1 unspecified atom stereocenters. The van der Waals surface area contributed by atoms with Gasteiger partial charge in [-0.15, -0.1) is 0 Å². The van der Waals surface area contributed by atoms with Crippen LogP contribution >= 0.6 is 0 Å². The molecule has 0 bridgehead atoms. The average Bonchev–Trinajstić information content (AvgIpc) is 3.08. The van der Waals surface area contributed by atoms with Gasteiger partial charge in [0.05, 0.1) is 17.7 Å². The molecule has 7 nitrogen and oxygen atoms in total. The molecule has 1 aromatic heterocycles. The second kappa shape index (κ2) is 8.95. The van der Waals surface area contributed by atoms with Crippen molar-refractivity contribution in [2.24, 2.45) is 0 Å².